The van der Waals surface area contributed by atoms with Crippen molar-refractivity contribution in [1.29, 1.82) is 0 Å². The SMILES string of the molecule is Nc1ccc(O)c(CN2CCCCCCC2)c1. The van der Waals surface area contributed by atoms with Gasteiger partial charge in [0.2, 0.25) is 0 Å². The average molecular weight is 234 g/mol. The van der Waals surface area contributed by atoms with E-state index in [-0.39, 0.29) is 0 Å². The Morgan fingerprint density at radius 1 is 1.06 bits per heavy atom. The minimum atomic E-state index is 0.362. The van der Waals surface area contributed by atoms with E-state index in [2.05, 4.69) is 4.90 Å². The van der Waals surface area contributed by atoms with Crippen molar-refractivity contribution < 1.29 is 5.11 Å². The van der Waals surface area contributed by atoms with Gasteiger partial charge in [0, 0.05) is 17.8 Å². The van der Waals surface area contributed by atoms with Crippen LogP contribution in [0.25, 0.3) is 0 Å². The van der Waals surface area contributed by atoms with Crippen molar-refractivity contribution in [2.75, 3.05) is 18.8 Å². The molecule has 1 aromatic rings. The van der Waals surface area contributed by atoms with Crippen LogP contribution in [0.15, 0.2) is 18.2 Å². The highest BCUT2D eigenvalue weighted by atomic mass is 16.3. The molecule has 0 radical (unpaired) electrons. The van der Waals surface area contributed by atoms with Crippen LogP contribution in [0.4, 0.5) is 5.69 Å². The fourth-order valence-corrected chi connectivity index (χ4v) is 2.44. The third-order valence-corrected chi connectivity index (χ3v) is 3.45. The van der Waals surface area contributed by atoms with E-state index in [1.807, 2.05) is 6.07 Å². The maximum atomic E-state index is 9.81. The predicted octanol–water partition coefficient (Wildman–Crippen LogP) is 2.74. The average Bonchev–Trinajstić information content (AvgIpc) is 2.27. The van der Waals surface area contributed by atoms with Crippen LogP contribution >= 0.6 is 0 Å². The molecule has 1 aliphatic heterocycles. The van der Waals surface area contributed by atoms with Crippen LogP contribution in [0, 0.1) is 0 Å². The molecule has 1 heterocycles. The molecule has 0 bridgehead atoms. The van der Waals surface area contributed by atoms with Crippen LogP contribution in [-0.4, -0.2) is 23.1 Å². The summed E-state index contributed by atoms with van der Waals surface area (Å²) in [7, 11) is 0. The van der Waals surface area contributed by atoms with Gasteiger partial charge in [-0.15, -0.1) is 0 Å². The molecule has 3 nitrogen and oxygen atoms in total. The van der Waals surface area contributed by atoms with E-state index in [0.717, 1.165) is 30.9 Å². The van der Waals surface area contributed by atoms with Gasteiger partial charge in [0.05, 0.1) is 0 Å². The standard InChI is InChI=1S/C14H22N2O/c15-13-6-7-14(17)12(10-13)11-16-8-4-2-1-3-5-9-16/h6-7,10,17H,1-5,8-9,11,15H2. The van der Waals surface area contributed by atoms with Gasteiger partial charge in [0.1, 0.15) is 5.75 Å². The normalized spacial score (nSPS) is 18.6. The fraction of sp³-hybridized carbons (Fsp3) is 0.571. The zero-order chi connectivity index (χ0) is 12.1. The van der Waals surface area contributed by atoms with Gasteiger partial charge in [-0.25, -0.2) is 0 Å². The fourth-order valence-electron chi connectivity index (χ4n) is 2.44. The third-order valence-electron chi connectivity index (χ3n) is 3.45. The van der Waals surface area contributed by atoms with E-state index in [4.69, 9.17) is 5.73 Å². The zero-order valence-corrected chi connectivity index (χ0v) is 10.4. The maximum Gasteiger partial charge on any atom is 0.120 e. The Labute approximate surface area is 103 Å². The second-order valence-corrected chi connectivity index (χ2v) is 4.93. The smallest absolute Gasteiger partial charge is 0.120 e. The molecule has 0 spiro atoms. The predicted molar refractivity (Wildman–Crippen MR) is 70.9 cm³/mol. The van der Waals surface area contributed by atoms with Crippen molar-refractivity contribution in [3.8, 4) is 5.75 Å². The number of nitrogens with two attached hydrogens (primary N) is 1. The Morgan fingerprint density at radius 2 is 1.71 bits per heavy atom. The molecule has 3 N–H and O–H groups in total. The number of hydrogen-bond donors (Lipinski definition) is 2. The van der Waals surface area contributed by atoms with Gasteiger partial charge >= 0.3 is 0 Å². The van der Waals surface area contributed by atoms with Crippen molar-refractivity contribution in [3.05, 3.63) is 23.8 Å². The van der Waals surface area contributed by atoms with E-state index in [1.54, 1.807) is 12.1 Å². The van der Waals surface area contributed by atoms with Crippen LogP contribution in [0.1, 0.15) is 37.7 Å². The molecule has 0 saturated carbocycles. The number of benzene rings is 1. The highest BCUT2D eigenvalue weighted by molar-refractivity contribution is 5.47. The Morgan fingerprint density at radius 3 is 2.41 bits per heavy atom. The first-order chi connectivity index (χ1) is 8.25. The molecule has 0 aromatic heterocycles. The van der Waals surface area contributed by atoms with Crippen LogP contribution in [-0.2, 0) is 6.54 Å². The van der Waals surface area contributed by atoms with E-state index in [9.17, 15) is 5.11 Å². The minimum absolute atomic E-state index is 0.362. The largest absolute Gasteiger partial charge is 0.508 e. The Hall–Kier alpha value is -1.22. The Kier molecular flexibility index (Phi) is 4.26. The maximum absolute atomic E-state index is 9.81. The molecule has 17 heavy (non-hydrogen) atoms. The number of rotatable bonds is 2. The first kappa shape index (κ1) is 12.2. The Bertz CT molecular complexity index is 357. The number of phenols is 1. The summed E-state index contributed by atoms with van der Waals surface area (Å²) in [6.45, 7) is 3.08. The number of aromatic hydroxyl groups is 1. The number of nitrogens with zero attached hydrogens (tertiary/aromatic N) is 1. The van der Waals surface area contributed by atoms with Crippen LogP contribution < -0.4 is 5.73 Å². The molecular formula is C14H22N2O. The lowest BCUT2D eigenvalue weighted by Crippen LogP contribution is -2.26. The number of hydrogen-bond acceptors (Lipinski definition) is 3. The molecular weight excluding hydrogens is 212 g/mol. The highest BCUT2D eigenvalue weighted by Crippen LogP contribution is 2.22. The summed E-state index contributed by atoms with van der Waals surface area (Å²) in [6.07, 6.45) is 6.57. The van der Waals surface area contributed by atoms with Crippen molar-refractivity contribution in [2.24, 2.45) is 0 Å². The summed E-state index contributed by atoms with van der Waals surface area (Å²) in [5, 5.41) is 9.81. The number of phenolic OH excluding ortho intramolecular Hbond substituents is 1. The van der Waals surface area contributed by atoms with Crippen LogP contribution in [0.5, 0.6) is 5.75 Å². The van der Waals surface area contributed by atoms with Gasteiger partial charge in [-0.1, -0.05) is 19.3 Å². The molecule has 0 aliphatic carbocycles. The van der Waals surface area contributed by atoms with Gasteiger partial charge in [-0.2, -0.15) is 0 Å². The molecule has 3 heteroatoms. The van der Waals surface area contributed by atoms with Gasteiger partial charge in [-0.3, -0.25) is 4.90 Å². The van der Waals surface area contributed by atoms with E-state index in [0.29, 0.717) is 5.75 Å². The molecule has 94 valence electrons. The first-order valence-corrected chi connectivity index (χ1v) is 6.55. The molecule has 0 amide bonds. The quantitative estimate of drug-likeness (QED) is 0.611. The van der Waals surface area contributed by atoms with Crippen LogP contribution in [0.3, 0.4) is 0 Å². The zero-order valence-electron chi connectivity index (χ0n) is 10.4. The minimum Gasteiger partial charge on any atom is -0.508 e. The summed E-state index contributed by atoms with van der Waals surface area (Å²) in [6, 6.07) is 5.31. The molecule has 1 aliphatic rings. The topological polar surface area (TPSA) is 49.5 Å². The van der Waals surface area contributed by atoms with E-state index < -0.39 is 0 Å². The molecule has 1 saturated heterocycles. The van der Waals surface area contributed by atoms with E-state index >= 15 is 0 Å². The van der Waals surface area contributed by atoms with Gasteiger partial charge < -0.3 is 10.8 Å². The monoisotopic (exact) mass is 234 g/mol. The highest BCUT2D eigenvalue weighted by Gasteiger charge is 2.11. The van der Waals surface area contributed by atoms with Gasteiger partial charge in [-0.05, 0) is 44.1 Å². The summed E-state index contributed by atoms with van der Waals surface area (Å²) in [4.78, 5) is 2.42. The lowest BCUT2D eigenvalue weighted by molar-refractivity contribution is 0.237. The van der Waals surface area contributed by atoms with Gasteiger partial charge in [0.25, 0.3) is 0 Å². The lowest BCUT2D eigenvalue weighted by atomic mass is 10.1. The molecule has 1 fully saturated rings. The van der Waals surface area contributed by atoms with E-state index in [1.165, 1.54) is 32.1 Å². The molecule has 0 unspecified atom stereocenters. The first-order valence-electron chi connectivity index (χ1n) is 6.55. The second-order valence-electron chi connectivity index (χ2n) is 4.93. The molecule has 2 rings (SSSR count). The summed E-state index contributed by atoms with van der Waals surface area (Å²) < 4.78 is 0. The van der Waals surface area contributed by atoms with Crippen molar-refractivity contribution >= 4 is 5.69 Å². The number of anilines is 1. The number of likely N-dealkylation sites (tertiary alicyclic amines) is 1. The third kappa shape index (κ3) is 3.63. The molecule has 0 atom stereocenters. The van der Waals surface area contributed by atoms with Crippen LogP contribution in [0.2, 0.25) is 0 Å². The summed E-state index contributed by atoms with van der Waals surface area (Å²) in [5.74, 6) is 0.362. The summed E-state index contributed by atoms with van der Waals surface area (Å²) in [5.41, 5.74) is 7.44. The number of nitrogen functional groups attached to an aromatic ring is 1. The molecule has 1 aromatic carbocycles. The lowest BCUT2D eigenvalue weighted by Gasteiger charge is -2.24. The van der Waals surface area contributed by atoms with Crippen molar-refractivity contribution in [2.45, 2.75) is 38.6 Å². The second kappa shape index (κ2) is 5.92. The van der Waals surface area contributed by atoms with Crippen molar-refractivity contribution in [1.82, 2.24) is 4.90 Å². The van der Waals surface area contributed by atoms with Gasteiger partial charge in [0.15, 0.2) is 0 Å². The Balaban J connectivity index is 2.00. The van der Waals surface area contributed by atoms with Crippen molar-refractivity contribution in [3.63, 3.8) is 0 Å². The summed E-state index contributed by atoms with van der Waals surface area (Å²) >= 11 is 0.